The fourth-order valence-corrected chi connectivity index (χ4v) is 1.56. The fourth-order valence-electron chi connectivity index (χ4n) is 1.56. The zero-order chi connectivity index (χ0) is 10.8. The van der Waals surface area contributed by atoms with Gasteiger partial charge < -0.3 is 5.73 Å². The first-order valence-electron chi connectivity index (χ1n) is 4.82. The number of carbonyl (C=O) groups is 1. The number of rotatable bonds is 2. The average Bonchev–Trinajstić information content (AvgIpc) is 2.27. The molecule has 0 fully saturated rings. The minimum absolute atomic E-state index is 0.0701. The molecule has 0 aliphatic heterocycles. The Labute approximate surface area is 87.9 Å². The van der Waals surface area contributed by atoms with E-state index in [2.05, 4.69) is 4.98 Å². The largest absolute Gasteiger partial charge is 0.321 e. The maximum atomic E-state index is 11.8. The molecule has 2 aromatic rings. The first-order chi connectivity index (χ1) is 7.20. The maximum absolute atomic E-state index is 11.8. The van der Waals surface area contributed by atoms with Gasteiger partial charge in [0.15, 0.2) is 5.78 Å². The molecule has 0 saturated heterocycles. The summed E-state index contributed by atoms with van der Waals surface area (Å²) in [4.78, 5) is 15.8. The molecule has 0 saturated carbocycles. The van der Waals surface area contributed by atoms with Gasteiger partial charge in [-0.3, -0.25) is 9.78 Å². The number of carbonyl (C=O) groups excluding carboxylic acids is 1. The van der Waals surface area contributed by atoms with Crippen LogP contribution in [-0.2, 0) is 0 Å². The lowest BCUT2D eigenvalue weighted by Crippen LogP contribution is -2.26. The Balaban J connectivity index is 2.66. The van der Waals surface area contributed by atoms with Gasteiger partial charge in [-0.15, -0.1) is 0 Å². The lowest BCUT2D eigenvalue weighted by atomic mass is 10.0. The molecule has 0 radical (unpaired) electrons. The first-order valence-corrected chi connectivity index (χ1v) is 4.82. The molecule has 0 aliphatic rings. The summed E-state index contributed by atoms with van der Waals surface area (Å²) < 4.78 is 0. The van der Waals surface area contributed by atoms with Crippen molar-refractivity contribution in [2.75, 3.05) is 0 Å². The molecule has 2 N–H and O–H groups in total. The van der Waals surface area contributed by atoms with E-state index in [0.717, 1.165) is 10.8 Å². The zero-order valence-electron chi connectivity index (χ0n) is 8.47. The van der Waals surface area contributed by atoms with Gasteiger partial charge in [0.25, 0.3) is 0 Å². The van der Waals surface area contributed by atoms with Crippen molar-refractivity contribution in [2.24, 2.45) is 5.73 Å². The standard InChI is InChI=1S/C12H12N2O/c1-8(13)12(15)11-7-14-6-9-4-2-3-5-10(9)11/h2-8H,13H2,1H3. The van der Waals surface area contributed by atoms with Crippen LogP contribution in [0, 0.1) is 0 Å². The second-order valence-corrected chi connectivity index (χ2v) is 3.56. The summed E-state index contributed by atoms with van der Waals surface area (Å²) in [5, 5.41) is 1.87. The predicted molar refractivity (Wildman–Crippen MR) is 59.7 cm³/mol. The Hall–Kier alpha value is -1.74. The van der Waals surface area contributed by atoms with E-state index in [1.54, 1.807) is 19.3 Å². The lowest BCUT2D eigenvalue weighted by molar-refractivity contribution is 0.0969. The number of aromatic nitrogens is 1. The molecule has 0 amide bonds. The maximum Gasteiger partial charge on any atom is 0.181 e. The number of nitrogens with two attached hydrogens (primary N) is 1. The molecular weight excluding hydrogens is 188 g/mol. The highest BCUT2D eigenvalue weighted by Gasteiger charge is 2.13. The topological polar surface area (TPSA) is 56.0 Å². The Bertz CT molecular complexity index is 500. The number of hydrogen-bond acceptors (Lipinski definition) is 3. The van der Waals surface area contributed by atoms with E-state index < -0.39 is 6.04 Å². The van der Waals surface area contributed by atoms with E-state index >= 15 is 0 Å². The summed E-state index contributed by atoms with van der Waals surface area (Å²) in [6.45, 7) is 1.68. The SMILES string of the molecule is CC(N)C(=O)c1cncc2ccccc12. The normalized spacial score (nSPS) is 12.7. The van der Waals surface area contributed by atoms with E-state index in [4.69, 9.17) is 5.73 Å². The molecule has 1 unspecified atom stereocenters. The molecule has 2 rings (SSSR count). The summed E-state index contributed by atoms with van der Waals surface area (Å²) in [5.41, 5.74) is 6.18. The van der Waals surface area contributed by atoms with Crippen molar-refractivity contribution in [3.8, 4) is 0 Å². The van der Waals surface area contributed by atoms with E-state index in [9.17, 15) is 4.79 Å². The molecule has 0 spiro atoms. The van der Waals surface area contributed by atoms with Gasteiger partial charge in [0.2, 0.25) is 0 Å². The minimum Gasteiger partial charge on any atom is -0.321 e. The number of Topliss-reactive ketones (excluding diaryl/α,β-unsaturated/α-hetero) is 1. The van der Waals surface area contributed by atoms with Gasteiger partial charge in [0.05, 0.1) is 6.04 Å². The van der Waals surface area contributed by atoms with E-state index in [1.165, 1.54) is 0 Å². The van der Waals surface area contributed by atoms with E-state index in [-0.39, 0.29) is 5.78 Å². The third kappa shape index (κ3) is 1.74. The molecule has 1 heterocycles. The first kappa shape index (κ1) is 9.80. The van der Waals surface area contributed by atoms with Gasteiger partial charge in [-0.1, -0.05) is 24.3 Å². The van der Waals surface area contributed by atoms with Crippen LogP contribution in [0.25, 0.3) is 10.8 Å². The van der Waals surface area contributed by atoms with Crippen LogP contribution < -0.4 is 5.73 Å². The highest BCUT2D eigenvalue weighted by molar-refractivity contribution is 6.09. The Morgan fingerprint density at radius 3 is 2.80 bits per heavy atom. The smallest absolute Gasteiger partial charge is 0.181 e. The second kappa shape index (κ2) is 3.79. The molecule has 1 atom stereocenters. The predicted octanol–water partition coefficient (Wildman–Crippen LogP) is 1.76. The molecule has 3 heteroatoms. The van der Waals surface area contributed by atoms with Gasteiger partial charge in [0, 0.05) is 23.3 Å². The highest BCUT2D eigenvalue weighted by Crippen LogP contribution is 2.17. The van der Waals surface area contributed by atoms with Crippen molar-refractivity contribution in [1.82, 2.24) is 4.98 Å². The number of pyridine rings is 1. The van der Waals surface area contributed by atoms with Crippen LogP contribution in [0.4, 0.5) is 0 Å². The molecule has 1 aromatic carbocycles. The molecule has 15 heavy (non-hydrogen) atoms. The van der Waals surface area contributed by atoms with Crippen LogP contribution in [0.5, 0.6) is 0 Å². The van der Waals surface area contributed by atoms with Gasteiger partial charge in [-0.2, -0.15) is 0 Å². The van der Waals surface area contributed by atoms with Crippen LogP contribution in [-0.4, -0.2) is 16.8 Å². The molecule has 3 nitrogen and oxygen atoms in total. The summed E-state index contributed by atoms with van der Waals surface area (Å²) >= 11 is 0. The molecule has 1 aromatic heterocycles. The quantitative estimate of drug-likeness (QED) is 0.751. The summed E-state index contributed by atoms with van der Waals surface area (Å²) in [5.74, 6) is -0.0701. The van der Waals surface area contributed by atoms with Crippen molar-refractivity contribution in [1.29, 1.82) is 0 Å². The number of nitrogens with zero attached hydrogens (tertiary/aromatic N) is 1. The number of ketones is 1. The highest BCUT2D eigenvalue weighted by atomic mass is 16.1. The van der Waals surface area contributed by atoms with E-state index in [1.807, 2.05) is 24.3 Å². The van der Waals surface area contributed by atoms with Crippen LogP contribution >= 0.6 is 0 Å². The number of fused-ring (bicyclic) bond motifs is 1. The zero-order valence-corrected chi connectivity index (χ0v) is 8.47. The van der Waals surface area contributed by atoms with Gasteiger partial charge >= 0.3 is 0 Å². The summed E-state index contributed by atoms with van der Waals surface area (Å²) in [6.07, 6.45) is 3.32. The van der Waals surface area contributed by atoms with Gasteiger partial charge in [-0.25, -0.2) is 0 Å². The molecule has 0 aliphatic carbocycles. The van der Waals surface area contributed by atoms with Crippen molar-refractivity contribution < 1.29 is 4.79 Å². The van der Waals surface area contributed by atoms with Crippen molar-refractivity contribution >= 4 is 16.6 Å². The second-order valence-electron chi connectivity index (χ2n) is 3.56. The number of benzene rings is 1. The van der Waals surface area contributed by atoms with Crippen LogP contribution in [0.1, 0.15) is 17.3 Å². The third-order valence-electron chi connectivity index (χ3n) is 2.35. The van der Waals surface area contributed by atoms with E-state index in [0.29, 0.717) is 5.56 Å². The summed E-state index contributed by atoms with van der Waals surface area (Å²) in [6, 6.07) is 7.18. The molecular formula is C12H12N2O. The van der Waals surface area contributed by atoms with Crippen molar-refractivity contribution in [3.63, 3.8) is 0 Å². The minimum atomic E-state index is -0.488. The fraction of sp³-hybridized carbons (Fsp3) is 0.167. The molecule has 0 bridgehead atoms. The monoisotopic (exact) mass is 200 g/mol. The third-order valence-corrected chi connectivity index (χ3v) is 2.35. The average molecular weight is 200 g/mol. The van der Waals surface area contributed by atoms with Crippen LogP contribution in [0.3, 0.4) is 0 Å². The number of hydrogen-bond donors (Lipinski definition) is 1. The lowest BCUT2D eigenvalue weighted by Gasteiger charge is -2.06. The van der Waals surface area contributed by atoms with Crippen molar-refractivity contribution in [3.05, 3.63) is 42.2 Å². The van der Waals surface area contributed by atoms with Crippen LogP contribution in [0.2, 0.25) is 0 Å². The Kier molecular flexibility index (Phi) is 2.47. The van der Waals surface area contributed by atoms with Gasteiger partial charge in [-0.05, 0) is 12.3 Å². The van der Waals surface area contributed by atoms with Crippen molar-refractivity contribution in [2.45, 2.75) is 13.0 Å². The summed E-state index contributed by atoms with van der Waals surface area (Å²) in [7, 11) is 0. The Morgan fingerprint density at radius 2 is 2.07 bits per heavy atom. The van der Waals surface area contributed by atoms with Crippen LogP contribution in [0.15, 0.2) is 36.7 Å². The Morgan fingerprint density at radius 1 is 1.33 bits per heavy atom. The van der Waals surface area contributed by atoms with Gasteiger partial charge in [0.1, 0.15) is 0 Å². The molecule has 76 valence electrons.